The van der Waals surface area contributed by atoms with Gasteiger partial charge in [0.1, 0.15) is 11.4 Å². The molecule has 3 aromatic rings. The van der Waals surface area contributed by atoms with Crippen LogP contribution in [0.2, 0.25) is 0 Å². The molecular formula is C17H18N2O3. The molecule has 0 spiro atoms. The number of fused-ring (bicyclic) bond motifs is 1. The molecule has 0 saturated heterocycles. The Hall–Kier alpha value is -2.69. The Morgan fingerprint density at radius 1 is 1.32 bits per heavy atom. The summed E-state index contributed by atoms with van der Waals surface area (Å²) in [5.41, 5.74) is 3.36. The van der Waals surface area contributed by atoms with Crippen molar-refractivity contribution < 1.29 is 13.9 Å². The van der Waals surface area contributed by atoms with Gasteiger partial charge in [0, 0.05) is 25.7 Å². The maximum atomic E-state index is 12.2. The average molecular weight is 298 g/mol. The first-order chi connectivity index (χ1) is 10.7. The molecule has 1 aromatic carbocycles. The van der Waals surface area contributed by atoms with Crippen molar-refractivity contribution in [1.29, 1.82) is 0 Å². The van der Waals surface area contributed by atoms with Crippen molar-refractivity contribution in [3.05, 3.63) is 53.9 Å². The maximum Gasteiger partial charge on any atom is 0.268 e. The molecule has 2 aromatic heterocycles. The van der Waals surface area contributed by atoms with E-state index < -0.39 is 0 Å². The van der Waals surface area contributed by atoms with Gasteiger partial charge in [-0.25, -0.2) is 0 Å². The lowest BCUT2D eigenvalue weighted by Gasteiger charge is -2.07. The van der Waals surface area contributed by atoms with Crippen molar-refractivity contribution >= 4 is 17.0 Å². The molecule has 5 heteroatoms. The van der Waals surface area contributed by atoms with Crippen LogP contribution in [-0.2, 0) is 13.5 Å². The number of carbonyl (C=O) groups is 1. The van der Waals surface area contributed by atoms with Gasteiger partial charge in [-0.1, -0.05) is 12.1 Å². The zero-order valence-corrected chi connectivity index (χ0v) is 12.6. The summed E-state index contributed by atoms with van der Waals surface area (Å²) in [7, 11) is 3.50. The highest BCUT2D eigenvalue weighted by atomic mass is 16.5. The average Bonchev–Trinajstić information content (AvgIpc) is 3.11. The van der Waals surface area contributed by atoms with E-state index in [9.17, 15) is 4.79 Å². The van der Waals surface area contributed by atoms with E-state index in [-0.39, 0.29) is 5.91 Å². The molecule has 0 aliphatic carbocycles. The Bertz CT molecular complexity index is 801. The number of carbonyl (C=O) groups excluding carboxylic acids is 1. The number of amides is 1. The fourth-order valence-corrected chi connectivity index (χ4v) is 2.51. The molecule has 0 unspecified atom stereocenters. The van der Waals surface area contributed by atoms with Gasteiger partial charge in [0.25, 0.3) is 5.91 Å². The van der Waals surface area contributed by atoms with Gasteiger partial charge in [-0.05, 0) is 24.1 Å². The molecule has 0 bridgehead atoms. The van der Waals surface area contributed by atoms with Crippen LogP contribution in [0.15, 0.2) is 47.1 Å². The van der Waals surface area contributed by atoms with E-state index in [0.717, 1.165) is 28.8 Å². The summed E-state index contributed by atoms with van der Waals surface area (Å²) in [6.07, 6.45) is 2.37. The van der Waals surface area contributed by atoms with Crippen molar-refractivity contribution in [3.8, 4) is 5.75 Å². The van der Waals surface area contributed by atoms with E-state index >= 15 is 0 Å². The number of methoxy groups -OCH3 is 1. The lowest BCUT2D eigenvalue weighted by atomic mass is 10.1. The highest BCUT2D eigenvalue weighted by Gasteiger charge is 2.14. The van der Waals surface area contributed by atoms with Crippen LogP contribution in [0.5, 0.6) is 5.75 Å². The normalized spacial score (nSPS) is 10.8. The SMILES string of the molecule is COc1cccc(CCNC(=O)c2cc3occc3n2C)c1. The summed E-state index contributed by atoms with van der Waals surface area (Å²) in [6, 6.07) is 11.5. The molecular weight excluding hydrogens is 280 g/mol. The summed E-state index contributed by atoms with van der Waals surface area (Å²) in [5.74, 6) is 0.725. The van der Waals surface area contributed by atoms with Crippen molar-refractivity contribution in [2.75, 3.05) is 13.7 Å². The number of furan rings is 1. The number of nitrogens with zero attached hydrogens (tertiary/aromatic N) is 1. The Morgan fingerprint density at radius 2 is 2.18 bits per heavy atom. The monoisotopic (exact) mass is 298 g/mol. The number of rotatable bonds is 5. The maximum absolute atomic E-state index is 12.2. The molecule has 5 nitrogen and oxygen atoms in total. The zero-order chi connectivity index (χ0) is 15.5. The second-order valence-electron chi connectivity index (χ2n) is 5.12. The molecule has 0 radical (unpaired) electrons. The Morgan fingerprint density at radius 3 is 2.95 bits per heavy atom. The molecule has 2 heterocycles. The molecule has 0 aliphatic rings. The number of aromatic nitrogens is 1. The summed E-state index contributed by atoms with van der Waals surface area (Å²) in [6.45, 7) is 0.568. The zero-order valence-electron chi connectivity index (χ0n) is 12.6. The highest BCUT2D eigenvalue weighted by Crippen LogP contribution is 2.19. The topological polar surface area (TPSA) is 56.4 Å². The molecule has 1 amide bonds. The smallest absolute Gasteiger partial charge is 0.268 e. The number of benzene rings is 1. The first-order valence-electron chi connectivity index (χ1n) is 7.13. The van der Waals surface area contributed by atoms with Crippen LogP contribution in [0, 0.1) is 0 Å². The van der Waals surface area contributed by atoms with Crippen LogP contribution in [0.4, 0.5) is 0 Å². The van der Waals surface area contributed by atoms with Gasteiger partial charge in [0.2, 0.25) is 0 Å². The van der Waals surface area contributed by atoms with E-state index in [0.29, 0.717) is 12.2 Å². The Balaban J connectivity index is 1.62. The summed E-state index contributed by atoms with van der Waals surface area (Å²) in [5, 5.41) is 2.93. The summed E-state index contributed by atoms with van der Waals surface area (Å²) in [4.78, 5) is 12.2. The third-order valence-electron chi connectivity index (χ3n) is 3.73. The van der Waals surface area contributed by atoms with Crippen molar-refractivity contribution in [2.45, 2.75) is 6.42 Å². The van der Waals surface area contributed by atoms with Crippen LogP contribution in [-0.4, -0.2) is 24.1 Å². The second kappa shape index (κ2) is 5.97. The third-order valence-corrected chi connectivity index (χ3v) is 3.73. The van der Waals surface area contributed by atoms with E-state index in [1.807, 2.05) is 41.9 Å². The molecule has 114 valence electrons. The van der Waals surface area contributed by atoms with Gasteiger partial charge in [0.15, 0.2) is 5.58 Å². The Kier molecular flexibility index (Phi) is 3.87. The van der Waals surface area contributed by atoms with Gasteiger partial charge < -0.3 is 19.0 Å². The largest absolute Gasteiger partial charge is 0.497 e. The number of nitrogens with one attached hydrogen (secondary N) is 1. The van der Waals surface area contributed by atoms with Gasteiger partial charge in [-0.15, -0.1) is 0 Å². The van der Waals surface area contributed by atoms with Gasteiger partial charge >= 0.3 is 0 Å². The summed E-state index contributed by atoms with van der Waals surface area (Å²) < 4.78 is 12.3. The van der Waals surface area contributed by atoms with Crippen molar-refractivity contribution in [2.24, 2.45) is 7.05 Å². The predicted molar refractivity (Wildman–Crippen MR) is 84.2 cm³/mol. The first kappa shape index (κ1) is 14.3. The van der Waals surface area contributed by atoms with Crippen LogP contribution in [0.1, 0.15) is 16.1 Å². The van der Waals surface area contributed by atoms with Crippen molar-refractivity contribution in [3.63, 3.8) is 0 Å². The molecule has 22 heavy (non-hydrogen) atoms. The number of hydrogen-bond acceptors (Lipinski definition) is 3. The molecule has 0 aliphatic heterocycles. The molecule has 0 saturated carbocycles. The third kappa shape index (κ3) is 2.70. The van der Waals surface area contributed by atoms with Gasteiger partial charge in [-0.3, -0.25) is 4.79 Å². The highest BCUT2D eigenvalue weighted by molar-refractivity contribution is 5.97. The number of hydrogen-bond donors (Lipinski definition) is 1. The second-order valence-corrected chi connectivity index (χ2v) is 5.12. The van der Waals surface area contributed by atoms with E-state index in [2.05, 4.69) is 5.32 Å². The predicted octanol–water partition coefficient (Wildman–Crippen LogP) is 2.75. The van der Waals surface area contributed by atoms with Crippen LogP contribution >= 0.6 is 0 Å². The molecule has 3 rings (SSSR count). The quantitative estimate of drug-likeness (QED) is 0.788. The van der Waals surface area contributed by atoms with E-state index in [1.54, 1.807) is 19.4 Å². The number of aryl methyl sites for hydroxylation is 1. The van der Waals surface area contributed by atoms with E-state index in [4.69, 9.17) is 9.15 Å². The summed E-state index contributed by atoms with van der Waals surface area (Å²) >= 11 is 0. The minimum Gasteiger partial charge on any atom is -0.497 e. The van der Waals surface area contributed by atoms with Gasteiger partial charge in [0.05, 0.1) is 18.9 Å². The van der Waals surface area contributed by atoms with Crippen molar-refractivity contribution in [1.82, 2.24) is 9.88 Å². The Labute approximate surface area is 128 Å². The fourth-order valence-electron chi connectivity index (χ4n) is 2.51. The van der Waals surface area contributed by atoms with Gasteiger partial charge in [-0.2, -0.15) is 0 Å². The number of ether oxygens (including phenoxy) is 1. The standard InChI is InChI=1S/C17H18N2O3/c1-19-14-7-9-22-16(14)11-15(19)17(20)18-8-6-12-4-3-5-13(10-12)21-2/h3-5,7,9-11H,6,8H2,1-2H3,(H,18,20). The minimum absolute atomic E-state index is 0.100. The van der Waals surface area contributed by atoms with E-state index in [1.165, 1.54) is 0 Å². The molecule has 0 atom stereocenters. The first-order valence-corrected chi connectivity index (χ1v) is 7.13. The van der Waals surface area contributed by atoms with Crippen LogP contribution in [0.3, 0.4) is 0 Å². The molecule has 1 N–H and O–H groups in total. The fraction of sp³-hybridized carbons (Fsp3) is 0.235. The van der Waals surface area contributed by atoms with Crippen LogP contribution in [0.25, 0.3) is 11.1 Å². The minimum atomic E-state index is -0.100. The van der Waals surface area contributed by atoms with Crippen LogP contribution < -0.4 is 10.1 Å². The lowest BCUT2D eigenvalue weighted by molar-refractivity contribution is 0.0946. The lowest BCUT2D eigenvalue weighted by Crippen LogP contribution is -2.27. The molecule has 0 fully saturated rings.